The highest BCUT2D eigenvalue weighted by atomic mass is 16.6. The Balaban J connectivity index is 1.91. The SMILES string of the molecule is COC(c1ccccc1)C(OC(=O)c1ccc([N+](=O)[O-])cc1)c1ccccc1. The summed E-state index contributed by atoms with van der Waals surface area (Å²) in [6.45, 7) is 0. The van der Waals surface area contributed by atoms with E-state index in [2.05, 4.69) is 0 Å². The van der Waals surface area contributed by atoms with Crippen LogP contribution in [0.15, 0.2) is 84.9 Å². The smallest absolute Gasteiger partial charge is 0.338 e. The van der Waals surface area contributed by atoms with E-state index in [1.807, 2.05) is 60.7 Å². The van der Waals surface area contributed by atoms with Crippen molar-refractivity contribution < 1.29 is 19.2 Å². The van der Waals surface area contributed by atoms with E-state index < -0.39 is 23.1 Å². The van der Waals surface area contributed by atoms with Crippen LogP contribution in [0, 0.1) is 10.1 Å². The van der Waals surface area contributed by atoms with Gasteiger partial charge < -0.3 is 9.47 Å². The molecule has 142 valence electrons. The molecule has 0 saturated carbocycles. The van der Waals surface area contributed by atoms with Crippen LogP contribution in [0.5, 0.6) is 0 Å². The van der Waals surface area contributed by atoms with Crippen LogP contribution in [0.3, 0.4) is 0 Å². The second-order valence-electron chi connectivity index (χ2n) is 6.11. The molecule has 3 aromatic carbocycles. The highest BCUT2D eigenvalue weighted by Crippen LogP contribution is 2.35. The van der Waals surface area contributed by atoms with Crippen molar-refractivity contribution in [1.82, 2.24) is 0 Å². The molecule has 3 aromatic rings. The Bertz CT molecular complexity index is 926. The minimum Gasteiger partial charge on any atom is -0.451 e. The van der Waals surface area contributed by atoms with E-state index in [-0.39, 0.29) is 11.3 Å². The van der Waals surface area contributed by atoms with Gasteiger partial charge >= 0.3 is 5.97 Å². The summed E-state index contributed by atoms with van der Waals surface area (Å²) in [5.74, 6) is -0.582. The first-order valence-electron chi connectivity index (χ1n) is 8.68. The van der Waals surface area contributed by atoms with Crippen LogP contribution >= 0.6 is 0 Å². The van der Waals surface area contributed by atoms with Crippen LogP contribution in [0.2, 0.25) is 0 Å². The number of carbonyl (C=O) groups is 1. The van der Waals surface area contributed by atoms with Crippen LogP contribution in [0.1, 0.15) is 33.7 Å². The van der Waals surface area contributed by atoms with Gasteiger partial charge in [-0.2, -0.15) is 0 Å². The molecule has 0 fully saturated rings. The number of nitro benzene ring substituents is 1. The average Bonchev–Trinajstić information content (AvgIpc) is 2.75. The van der Waals surface area contributed by atoms with Gasteiger partial charge in [-0.1, -0.05) is 60.7 Å². The van der Waals surface area contributed by atoms with Crippen molar-refractivity contribution in [3.05, 3.63) is 112 Å². The molecular formula is C22H19NO5. The van der Waals surface area contributed by atoms with Gasteiger partial charge in [-0.3, -0.25) is 10.1 Å². The molecule has 0 aliphatic carbocycles. The van der Waals surface area contributed by atoms with Crippen molar-refractivity contribution in [3.63, 3.8) is 0 Å². The number of esters is 1. The van der Waals surface area contributed by atoms with Gasteiger partial charge in [0.15, 0.2) is 6.10 Å². The molecule has 0 bridgehead atoms. The number of carbonyl (C=O) groups excluding carboxylic acids is 1. The van der Waals surface area contributed by atoms with Crippen molar-refractivity contribution in [2.24, 2.45) is 0 Å². The minimum absolute atomic E-state index is 0.0878. The summed E-state index contributed by atoms with van der Waals surface area (Å²) < 4.78 is 11.5. The molecule has 0 amide bonds. The van der Waals surface area contributed by atoms with Crippen LogP contribution < -0.4 is 0 Å². The predicted molar refractivity (Wildman–Crippen MR) is 104 cm³/mol. The highest BCUT2D eigenvalue weighted by Gasteiger charge is 2.29. The third-order valence-corrected chi connectivity index (χ3v) is 4.33. The monoisotopic (exact) mass is 377 g/mol. The van der Waals surface area contributed by atoms with E-state index in [0.29, 0.717) is 0 Å². The molecule has 28 heavy (non-hydrogen) atoms. The fraction of sp³-hybridized carbons (Fsp3) is 0.136. The van der Waals surface area contributed by atoms with E-state index in [4.69, 9.17) is 9.47 Å². The lowest BCUT2D eigenvalue weighted by Crippen LogP contribution is -2.20. The molecule has 0 N–H and O–H groups in total. The first-order valence-corrected chi connectivity index (χ1v) is 8.68. The quantitative estimate of drug-likeness (QED) is 0.333. The number of ether oxygens (including phenoxy) is 2. The fourth-order valence-corrected chi connectivity index (χ4v) is 2.93. The fourth-order valence-electron chi connectivity index (χ4n) is 2.93. The number of non-ortho nitro benzene ring substituents is 1. The van der Waals surface area contributed by atoms with Gasteiger partial charge in [0.25, 0.3) is 5.69 Å². The number of hydrogen-bond donors (Lipinski definition) is 0. The number of benzene rings is 3. The van der Waals surface area contributed by atoms with Gasteiger partial charge in [-0.25, -0.2) is 4.79 Å². The van der Waals surface area contributed by atoms with E-state index in [0.717, 1.165) is 11.1 Å². The van der Waals surface area contributed by atoms with Crippen LogP contribution in [-0.2, 0) is 9.47 Å². The Morgan fingerprint density at radius 3 is 1.79 bits per heavy atom. The number of rotatable bonds is 7. The summed E-state index contributed by atoms with van der Waals surface area (Å²) in [5, 5.41) is 10.8. The van der Waals surface area contributed by atoms with Crippen molar-refractivity contribution in [2.45, 2.75) is 12.2 Å². The van der Waals surface area contributed by atoms with Gasteiger partial charge in [-0.15, -0.1) is 0 Å². The third-order valence-electron chi connectivity index (χ3n) is 4.33. The zero-order valence-corrected chi connectivity index (χ0v) is 15.2. The lowest BCUT2D eigenvalue weighted by atomic mass is 9.98. The summed E-state index contributed by atoms with van der Waals surface area (Å²) >= 11 is 0. The zero-order chi connectivity index (χ0) is 19.9. The van der Waals surface area contributed by atoms with Crippen molar-refractivity contribution in [2.75, 3.05) is 7.11 Å². The Labute approximate surface area is 162 Å². The zero-order valence-electron chi connectivity index (χ0n) is 15.2. The Kier molecular flexibility index (Phi) is 6.14. The van der Waals surface area contributed by atoms with Crippen LogP contribution in [-0.4, -0.2) is 18.0 Å². The molecule has 3 rings (SSSR count). The molecular weight excluding hydrogens is 358 g/mol. The summed E-state index contributed by atoms with van der Waals surface area (Å²) in [7, 11) is 1.56. The Hall–Kier alpha value is -3.51. The van der Waals surface area contributed by atoms with Gasteiger partial charge in [-0.05, 0) is 23.3 Å². The van der Waals surface area contributed by atoms with E-state index >= 15 is 0 Å². The maximum atomic E-state index is 12.7. The average molecular weight is 377 g/mol. The second-order valence-corrected chi connectivity index (χ2v) is 6.11. The molecule has 0 radical (unpaired) electrons. The molecule has 0 aliphatic rings. The molecule has 0 saturated heterocycles. The van der Waals surface area contributed by atoms with Crippen molar-refractivity contribution in [1.29, 1.82) is 0 Å². The summed E-state index contributed by atoms with van der Waals surface area (Å²) in [4.78, 5) is 23.0. The van der Waals surface area contributed by atoms with E-state index in [1.54, 1.807) is 7.11 Å². The molecule has 2 atom stereocenters. The van der Waals surface area contributed by atoms with Crippen LogP contribution in [0.4, 0.5) is 5.69 Å². The standard InChI is InChI=1S/C22H19NO5/c1-27-20(16-8-4-2-5-9-16)21(17-10-6-3-7-11-17)28-22(24)18-12-14-19(15-13-18)23(25)26/h2-15,20-21H,1H3. The van der Waals surface area contributed by atoms with Crippen molar-refractivity contribution >= 4 is 11.7 Å². The first kappa shape index (κ1) is 19.3. The maximum Gasteiger partial charge on any atom is 0.338 e. The number of methoxy groups -OCH3 is 1. The number of nitro groups is 1. The molecule has 2 unspecified atom stereocenters. The first-order chi connectivity index (χ1) is 13.6. The molecule has 0 aliphatic heterocycles. The predicted octanol–water partition coefficient (Wildman–Crippen LogP) is 4.88. The molecule has 6 nitrogen and oxygen atoms in total. The van der Waals surface area contributed by atoms with Gasteiger partial charge in [0.05, 0.1) is 10.5 Å². The highest BCUT2D eigenvalue weighted by molar-refractivity contribution is 5.89. The van der Waals surface area contributed by atoms with E-state index in [9.17, 15) is 14.9 Å². The van der Waals surface area contributed by atoms with Gasteiger partial charge in [0.2, 0.25) is 0 Å². The minimum atomic E-state index is -0.684. The number of hydrogen-bond acceptors (Lipinski definition) is 5. The molecule has 0 spiro atoms. The van der Waals surface area contributed by atoms with Gasteiger partial charge in [0.1, 0.15) is 6.10 Å². The normalized spacial score (nSPS) is 12.8. The summed E-state index contributed by atoms with van der Waals surface area (Å²) in [6, 6.07) is 24.1. The lowest BCUT2D eigenvalue weighted by Gasteiger charge is -2.27. The van der Waals surface area contributed by atoms with Crippen molar-refractivity contribution in [3.8, 4) is 0 Å². The Morgan fingerprint density at radius 2 is 1.32 bits per heavy atom. The topological polar surface area (TPSA) is 78.7 Å². The molecule has 6 heteroatoms. The molecule has 0 heterocycles. The lowest BCUT2D eigenvalue weighted by molar-refractivity contribution is -0.384. The third kappa shape index (κ3) is 4.42. The van der Waals surface area contributed by atoms with Gasteiger partial charge in [0, 0.05) is 19.2 Å². The summed E-state index contributed by atoms with van der Waals surface area (Å²) in [6.07, 6.45) is -1.19. The molecule has 0 aromatic heterocycles. The second kappa shape index (κ2) is 8.92. The maximum absolute atomic E-state index is 12.7. The number of nitrogens with zero attached hydrogens (tertiary/aromatic N) is 1. The largest absolute Gasteiger partial charge is 0.451 e. The summed E-state index contributed by atoms with van der Waals surface area (Å²) in [5.41, 5.74) is 1.80. The van der Waals surface area contributed by atoms with E-state index in [1.165, 1.54) is 24.3 Å². The van der Waals surface area contributed by atoms with Crippen LogP contribution in [0.25, 0.3) is 0 Å². The Morgan fingerprint density at radius 1 is 0.821 bits per heavy atom.